The Morgan fingerprint density at radius 1 is 1.32 bits per heavy atom. The van der Waals surface area contributed by atoms with Crippen LogP contribution in [0.25, 0.3) is 23.0 Å². The molecular weight excluding hydrogens is 310 g/mol. The average Bonchev–Trinajstić information content (AvgIpc) is 2.97. The smallest absolute Gasteiger partial charge is 0.260 e. The summed E-state index contributed by atoms with van der Waals surface area (Å²) in [5.74, 6) is 0.823. The normalized spacial score (nSPS) is 10.8. The molecule has 0 atom stereocenters. The summed E-state index contributed by atoms with van der Waals surface area (Å²) >= 11 is 3.35. The molecule has 2 heterocycles. The Balaban J connectivity index is 2.01. The van der Waals surface area contributed by atoms with E-state index in [9.17, 15) is 0 Å². The van der Waals surface area contributed by atoms with Gasteiger partial charge < -0.3 is 10.3 Å². The second kappa shape index (κ2) is 4.51. The molecule has 0 aliphatic rings. The lowest BCUT2D eigenvalue weighted by Crippen LogP contribution is -1.91. The molecule has 0 saturated carbocycles. The van der Waals surface area contributed by atoms with Gasteiger partial charge in [-0.15, -0.1) is 0 Å². The van der Waals surface area contributed by atoms with Gasteiger partial charge in [-0.3, -0.25) is 4.68 Å². The second-order valence-electron chi connectivity index (χ2n) is 4.03. The van der Waals surface area contributed by atoms with Gasteiger partial charge in [-0.05, 0) is 24.3 Å². The summed E-state index contributed by atoms with van der Waals surface area (Å²) in [6.07, 6.45) is 1.82. The zero-order valence-electron chi connectivity index (χ0n) is 10.0. The van der Waals surface area contributed by atoms with Crippen molar-refractivity contribution in [3.8, 4) is 23.0 Å². The van der Waals surface area contributed by atoms with Crippen LogP contribution < -0.4 is 5.73 Å². The number of benzene rings is 1. The van der Waals surface area contributed by atoms with E-state index in [0.29, 0.717) is 28.7 Å². The zero-order chi connectivity index (χ0) is 13.4. The molecule has 6 nitrogen and oxygen atoms in total. The predicted molar refractivity (Wildman–Crippen MR) is 74.0 cm³/mol. The van der Waals surface area contributed by atoms with Crippen LogP contribution in [0.5, 0.6) is 0 Å². The van der Waals surface area contributed by atoms with Crippen LogP contribution in [0.1, 0.15) is 0 Å². The third-order valence-electron chi connectivity index (χ3n) is 2.61. The van der Waals surface area contributed by atoms with Gasteiger partial charge in [0.05, 0.1) is 5.56 Å². The number of nitrogens with two attached hydrogens (primary N) is 1. The zero-order valence-corrected chi connectivity index (χ0v) is 11.6. The summed E-state index contributed by atoms with van der Waals surface area (Å²) < 4.78 is 7.81. The molecule has 3 rings (SSSR count). The van der Waals surface area contributed by atoms with Gasteiger partial charge in [0, 0.05) is 23.4 Å². The van der Waals surface area contributed by atoms with Crippen LogP contribution in [0, 0.1) is 0 Å². The molecule has 3 aromatic rings. The molecule has 0 saturated heterocycles. The van der Waals surface area contributed by atoms with E-state index in [1.54, 1.807) is 10.7 Å². The molecule has 0 amide bonds. The van der Waals surface area contributed by atoms with Crippen molar-refractivity contribution in [2.45, 2.75) is 0 Å². The Bertz CT molecular complexity index is 733. The van der Waals surface area contributed by atoms with Crippen LogP contribution in [-0.4, -0.2) is 19.9 Å². The highest BCUT2D eigenvalue weighted by Gasteiger charge is 2.14. The molecule has 0 radical (unpaired) electrons. The number of hydrogen-bond acceptors (Lipinski definition) is 5. The van der Waals surface area contributed by atoms with Crippen molar-refractivity contribution in [1.29, 1.82) is 0 Å². The van der Waals surface area contributed by atoms with Gasteiger partial charge in [0.25, 0.3) is 5.89 Å². The van der Waals surface area contributed by atoms with Gasteiger partial charge in [-0.25, -0.2) is 0 Å². The maximum absolute atomic E-state index is 5.93. The first-order valence-electron chi connectivity index (χ1n) is 5.52. The van der Waals surface area contributed by atoms with Crippen molar-refractivity contribution >= 4 is 21.6 Å². The number of anilines is 1. The predicted octanol–water partition coefficient (Wildman–Crippen LogP) is 2.48. The highest BCUT2D eigenvalue weighted by atomic mass is 79.9. The lowest BCUT2D eigenvalue weighted by atomic mass is 10.2. The van der Waals surface area contributed by atoms with Crippen molar-refractivity contribution in [3.63, 3.8) is 0 Å². The lowest BCUT2D eigenvalue weighted by Gasteiger charge is -2.00. The summed E-state index contributed by atoms with van der Waals surface area (Å²) in [4.78, 5) is 4.31. The number of aryl methyl sites for hydroxylation is 1. The van der Waals surface area contributed by atoms with E-state index >= 15 is 0 Å². The van der Waals surface area contributed by atoms with Crippen LogP contribution in [-0.2, 0) is 7.05 Å². The molecule has 0 bridgehead atoms. The van der Waals surface area contributed by atoms with Crippen molar-refractivity contribution in [1.82, 2.24) is 19.9 Å². The fraction of sp³-hybridized carbons (Fsp3) is 0.0833. The van der Waals surface area contributed by atoms with E-state index < -0.39 is 0 Å². The minimum absolute atomic E-state index is 0.380. The highest BCUT2D eigenvalue weighted by Crippen LogP contribution is 2.28. The molecule has 0 fully saturated rings. The fourth-order valence-corrected chi connectivity index (χ4v) is 2.08. The van der Waals surface area contributed by atoms with Gasteiger partial charge in [-0.2, -0.15) is 10.1 Å². The molecule has 2 aromatic heterocycles. The van der Waals surface area contributed by atoms with Crippen molar-refractivity contribution in [2.24, 2.45) is 7.05 Å². The van der Waals surface area contributed by atoms with Gasteiger partial charge in [0.1, 0.15) is 5.69 Å². The Morgan fingerprint density at radius 2 is 2.16 bits per heavy atom. The molecule has 0 unspecified atom stereocenters. The average molecular weight is 320 g/mol. The molecule has 2 N–H and O–H groups in total. The first-order chi connectivity index (χ1) is 9.13. The lowest BCUT2D eigenvalue weighted by molar-refractivity contribution is 0.432. The highest BCUT2D eigenvalue weighted by molar-refractivity contribution is 9.10. The van der Waals surface area contributed by atoms with E-state index in [1.165, 1.54) is 0 Å². The fourth-order valence-electron chi connectivity index (χ4n) is 1.70. The summed E-state index contributed by atoms with van der Waals surface area (Å²) in [6, 6.07) is 7.31. The number of hydrogen-bond donors (Lipinski definition) is 1. The number of aromatic nitrogens is 4. The summed E-state index contributed by atoms with van der Waals surface area (Å²) in [7, 11) is 1.83. The summed E-state index contributed by atoms with van der Waals surface area (Å²) in [5.41, 5.74) is 7.87. The molecule has 1 aromatic carbocycles. The Morgan fingerprint density at radius 3 is 2.84 bits per heavy atom. The Hall–Kier alpha value is -2.15. The van der Waals surface area contributed by atoms with E-state index in [1.807, 2.05) is 31.4 Å². The Labute approximate surface area is 117 Å². The first kappa shape index (κ1) is 11.9. The molecule has 0 spiro atoms. The Kier molecular flexibility index (Phi) is 2.83. The molecule has 19 heavy (non-hydrogen) atoms. The van der Waals surface area contributed by atoms with Gasteiger partial charge in [0.15, 0.2) is 0 Å². The third kappa shape index (κ3) is 2.24. The summed E-state index contributed by atoms with van der Waals surface area (Å²) in [5, 5.41) is 8.13. The molecular formula is C12H10BrN5O. The minimum Gasteiger partial charge on any atom is -0.398 e. The third-order valence-corrected chi connectivity index (χ3v) is 3.11. The van der Waals surface area contributed by atoms with Crippen LogP contribution >= 0.6 is 15.9 Å². The monoisotopic (exact) mass is 319 g/mol. The minimum atomic E-state index is 0.380. The molecule has 96 valence electrons. The SMILES string of the molecule is Cn1ccc(-c2noc(-c3ccc(Br)cc3N)n2)n1. The quantitative estimate of drug-likeness (QED) is 0.734. The van der Waals surface area contributed by atoms with Crippen molar-refractivity contribution < 1.29 is 4.52 Å². The number of halogens is 1. The standard InChI is InChI=1S/C12H10BrN5O/c1-18-5-4-10(16-18)11-15-12(19-17-11)8-3-2-7(13)6-9(8)14/h2-6H,14H2,1H3. The number of nitrogens with zero attached hydrogens (tertiary/aromatic N) is 4. The second-order valence-corrected chi connectivity index (χ2v) is 4.95. The van der Waals surface area contributed by atoms with E-state index in [0.717, 1.165) is 4.47 Å². The molecule has 0 aliphatic heterocycles. The van der Waals surface area contributed by atoms with Gasteiger partial charge in [0.2, 0.25) is 5.82 Å². The van der Waals surface area contributed by atoms with E-state index in [2.05, 4.69) is 31.2 Å². The first-order valence-corrected chi connectivity index (χ1v) is 6.32. The maximum atomic E-state index is 5.93. The van der Waals surface area contributed by atoms with Crippen LogP contribution in [0.4, 0.5) is 5.69 Å². The van der Waals surface area contributed by atoms with Crippen LogP contribution in [0.3, 0.4) is 0 Å². The summed E-state index contributed by atoms with van der Waals surface area (Å²) in [6.45, 7) is 0. The van der Waals surface area contributed by atoms with Gasteiger partial charge in [-0.1, -0.05) is 21.1 Å². The topological polar surface area (TPSA) is 82.8 Å². The van der Waals surface area contributed by atoms with E-state index in [-0.39, 0.29) is 0 Å². The molecule has 0 aliphatic carbocycles. The maximum Gasteiger partial charge on any atom is 0.260 e. The van der Waals surface area contributed by atoms with Crippen molar-refractivity contribution in [2.75, 3.05) is 5.73 Å². The van der Waals surface area contributed by atoms with Gasteiger partial charge >= 0.3 is 0 Å². The van der Waals surface area contributed by atoms with Crippen LogP contribution in [0.15, 0.2) is 39.5 Å². The number of rotatable bonds is 2. The van der Waals surface area contributed by atoms with Crippen molar-refractivity contribution in [3.05, 3.63) is 34.9 Å². The number of nitrogen functional groups attached to an aromatic ring is 1. The van der Waals surface area contributed by atoms with E-state index in [4.69, 9.17) is 10.3 Å². The molecule has 7 heteroatoms. The largest absolute Gasteiger partial charge is 0.398 e. The van der Waals surface area contributed by atoms with Crippen LogP contribution in [0.2, 0.25) is 0 Å².